The van der Waals surface area contributed by atoms with Crippen LogP contribution in [0.4, 0.5) is 5.69 Å². The minimum Gasteiger partial charge on any atom is -0.467 e. The van der Waals surface area contributed by atoms with E-state index < -0.39 is 5.54 Å². The molecule has 0 radical (unpaired) electrons. The number of benzene rings is 1. The van der Waals surface area contributed by atoms with Gasteiger partial charge in [-0.1, -0.05) is 29.8 Å². The summed E-state index contributed by atoms with van der Waals surface area (Å²) in [5.74, 6) is -0.159. The Balaban J connectivity index is 2.28. The van der Waals surface area contributed by atoms with Crippen LogP contribution in [0.1, 0.15) is 39.5 Å². The molecule has 1 aliphatic rings. The number of nitrogens with one attached hydrogen (secondary N) is 1. The zero-order chi connectivity index (χ0) is 14.8. The molecule has 1 aromatic carbocycles. The number of esters is 1. The number of carbonyl (C=O) groups is 1. The fourth-order valence-electron chi connectivity index (χ4n) is 3.20. The van der Waals surface area contributed by atoms with Crippen LogP contribution in [0.25, 0.3) is 0 Å². The van der Waals surface area contributed by atoms with Gasteiger partial charge >= 0.3 is 5.97 Å². The average molecular weight is 340 g/mol. The molecule has 4 heteroatoms. The third kappa shape index (κ3) is 3.35. The lowest BCUT2D eigenvalue weighted by atomic mass is 9.68. The summed E-state index contributed by atoms with van der Waals surface area (Å²) in [5.41, 5.74) is 0.496. The molecular weight excluding hydrogens is 318 g/mol. The summed E-state index contributed by atoms with van der Waals surface area (Å²) in [5, 5.41) is 3.43. The van der Waals surface area contributed by atoms with Crippen LogP contribution in [0.2, 0.25) is 0 Å². The molecule has 0 saturated heterocycles. The van der Waals surface area contributed by atoms with Crippen LogP contribution in [0.3, 0.4) is 0 Å². The van der Waals surface area contributed by atoms with Crippen molar-refractivity contribution >= 4 is 27.6 Å². The van der Waals surface area contributed by atoms with Crippen molar-refractivity contribution in [1.82, 2.24) is 0 Å². The number of ether oxygens (including phenoxy) is 1. The van der Waals surface area contributed by atoms with E-state index in [-0.39, 0.29) is 11.4 Å². The smallest absolute Gasteiger partial charge is 0.331 e. The molecule has 110 valence electrons. The van der Waals surface area contributed by atoms with E-state index in [0.29, 0.717) is 0 Å². The van der Waals surface area contributed by atoms with Gasteiger partial charge in [0.25, 0.3) is 0 Å². The Morgan fingerprint density at radius 3 is 2.45 bits per heavy atom. The monoisotopic (exact) mass is 339 g/mol. The molecule has 1 aromatic rings. The first-order valence-corrected chi connectivity index (χ1v) is 7.78. The zero-order valence-corrected chi connectivity index (χ0v) is 13.9. The van der Waals surface area contributed by atoms with Crippen molar-refractivity contribution in [2.24, 2.45) is 5.41 Å². The molecule has 1 saturated carbocycles. The standard InChI is InChI=1S/C16H22BrNO2/c1-15(2)9-4-10-16(11-15,14(19)20-3)18-13-7-5-12(17)6-8-13/h5-8,18H,4,9-11H2,1-3H3. The predicted octanol–water partition coefficient (Wildman–Crippen LogP) is 4.37. The van der Waals surface area contributed by atoms with Gasteiger partial charge in [-0.3, -0.25) is 0 Å². The molecule has 1 unspecified atom stereocenters. The Kier molecular flexibility index (Phi) is 4.43. The number of rotatable bonds is 3. The second-order valence-corrected chi connectivity index (χ2v) is 7.32. The highest BCUT2D eigenvalue weighted by molar-refractivity contribution is 9.10. The molecule has 0 bridgehead atoms. The van der Waals surface area contributed by atoms with Crippen LogP contribution in [0.5, 0.6) is 0 Å². The Labute approximate surface area is 129 Å². The van der Waals surface area contributed by atoms with Crippen molar-refractivity contribution < 1.29 is 9.53 Å². The molecule has 0 heterocycles. The molecule has 2 rings (SSSR count). The molecule has 0 spiro atoms. The molecule has 1 N–H and O–H groups in total. The predicted molar refractivity (Wildman–Crippen MR) is 84.8 cm³/mol. The van der Waals surface area contributed by atoms with Gasteiger partial charge in [-0.05, 0) is 55.4 Å². The van der Waals surface area contributed by atoms with E-state index in [1.165, 1.54) is 7.11 Å². The Morgan fingerprint density at radius 2 is 1.90 bits per heavy atom. The maximum atomic E-state index is 12.4. The fourth-order valence-corrected chi connectivity index (χ4v) is 3.46. The minimum atomic E-state index is -0.607. The summed E-state index contributed by atoms with van der Waals surface area (Å²) in [4.78, 5) is 12.4. The SMILES string of the molecule is COC(=O)C1(Nc2ccc(Br)cc2)CCCC(C)(C)C1. The lowest BCUT2D eigenvalue weighted by molar-refractivity contribution is -0.148. The molecule has 0 aliphatic heterocycles. The molecular formula is C16H22BrNO2. The summed E-state index contributed by atoms with van der Waals surface area (Å²) >= 11 is 3.43. The van der Waals surface area contributed by atoms with E-state index in [4.69, 9.17) is 4.74 Å². The number of halogens is 1. The number of hydrogen-bond acceptors (Lipinski definition) is 3. The number of anilines is 1. The van der Waals surface area contributed by atoms with Gasteiger partial charge < -0.3 is 10.1 Å². The highest BCUT2D eigenvalue weighted by atomic mass is 79.9. The molecule has 1 atom stereocenters. The minimum absolute atomic E-state index is 0.148. The molecule has 0 aromatic heterocycles. The lowest BCUT2D eigenvalue weighted by Crippen LogP contribution is -2.52. The lowest BCUT2D eigenvalue weighted by Gasteiger charge is -2.43. The van der Waals surface area contributed by atoms with Gasteiger partial charge in [0.1, 0.15) is 5.54 Å². The second kappa shape index (κ2) is 5.76. The van der Waals surface area contributed by atoms with Crippen LogP contribution in [-0.4, -0.2) is 18.6 Å². The number of carbonyl (C=O) groups excluding carboxylic acids is 1. The van der Waals surface area contributed by atoms with Gasteiger partial charge in [0.05, 0.1) is 7.11 Å². The number of hydrogen-bond donors (Lipinski definition) is 1. The van der Waals surface area contributed by atoms with Gasteiger partial charge in [-0.25, -0.2) is 4.79 Å². The average Bonchev–Trinajstić information content (AvgIpc) is 2.39. The Bertz CT molecular complexity index is 484. The van der Waals surface area contributed by atoms with Gasteiger partial charge in [0, 0.05) is 10.2 Å². The summed E-state index contributed by atoms with van der Waals surface area (Å²) in [6.07, 6.45) is 3.79. The van der Waals surface area contributed by atoms with E-state index in [0.717, 1.165) is 35.8 Å². The van der Waals surface area contributed by atoms with E-state index in [9.17, 15) is 4.79 Å². The third-order valence-corrected chi connectivity index (χ3v) is 4.57. The van der Waals surface area contributed by atoms with E-state index in [2.05, 4.69) is 35.1 Å². The maximum Gasteiger partial charge on any atom is 0.331 e. The van der Waals surface area contributed by atoms with Crippen LogP contribution in [0.15, 0.2) is 28.7 Å². The van der Waals surface area contributed by atoms with Crippen molar-refractivity contribution in [3.63, 3.8) is 0 Å². The van der Waals surface area contributed by atoms with Crippen molar-refractivity contribution in [3.05, 3.63) is 28.7 Å². The van der Waals surface area contributed by atoms with E-state index in [1.54, 1.807) is 0 Å². The highest BCUT2D eigenvalue weighted by Gasteiger charge is 2.46. The highest BCUT2D eigenvalue weighted by Crippen LogP contribution is 2.43. The van der Waals surface area contributed by atoms with E-state index in [1.807, 2.05) is 24.3 Å². The largest absolute Gasteiger partial charge is 0.467 e. The summed E-state index contributed by atoms with van der Waals surface area (Å²) < 4.78 is 6.10. The van der Waals surface area contributed by atoms with Crippen LogP contribution in [0, 0.1) is 5.41 Å². The topological polar surface area (TPSA) is 38.3 Å². The van der Waals surface area contributed by atoms with Crippen molar-refractivity contribution in [1.29, 1.82) is 0 Å². The van der Waals surface area contributed by atoms with Gasteiger partial charge in [0.15, 0.2) is 0 Å². The first-order valence-electron chi connectivity index (χ1n) is 6.99. The second-order valence-electron chi connectivity index (χ2n) is 6.40. The van der Waals surface area contributed by atoms with Gasteiger partial charge in [0.2, 0.25) is 0 Å². The molecule has 1 aliphatic carbocycles. The first-order chi connectivity index (χ1) is 9.37. The van der Waals surface area contributed by atoms with Crippen molar-refractivity contribution in [2.75, 3.05) is 12.4 Å². The van der Waals surface area contributed by atoms with Crippen molar-refractivity contribution in [3.8, 4) is 0 Å². The summed E-state index contributed by atoms with van der Waals surface area (Å²) in [7, 11) is 1.47. The van der Waals surface area contributed by atoms with Gasteiger partial charge in [-0.2, -0.15) is 0 Å². The number of methoxy groups -OCH3 is 1. The Morgan fingerprint density at radius 1 is 1.25 bits per heavy atom. The van der Waals surface area contributed by atoms with E-state index >= 15 is 0 Å². The first kappa shape index (κ1) is 15.4. The Hall–Kier alpha value is -1.03. The summed E-state index contributed by atoms with van der Waals surface area (Å²) in [6.45, 7) is 4.43. The normalized spacial score (nSPS) is 25.0. The molecule has 3 nitrogen and oxygen atoms in total. The molecule has 0 amide bonds. The fraction of sp³-hybridized carbons (Fsp3) is 0.562. The molecule has 20 heavy (non-hydrogen) atoms. The van der Waals surface area contributed by atoms with Crippen LogP contribution >= 0.6 is 15.9 Å². The van der Waals surface area contributed by atoms with Crippen LogP contribution in [-0.2, 0) is 9.53 Å². The maximum absolute atomic E-state index is 12.4. The quantitative estimate of drug-likeness (QED) is 0.830. The third-order valence-electron chi connectivity index (χ3n) is 4.04. The summed E-state index contributed by atoms with van der Waals surface area (Å²) in [6, 6.07) is 7.91. The van der Waals surface area contributed by atoms with Gasteiger partial charge in [-0.15, -0.1) is 0 Å². The zero-order valence-electron chi connectivity index (χ0n) is 12.3. The molecule has 1 fully saturated rings. The van der Waals surface area contributed by atoms with Crippen molar-refractivity contribution in [2.45, 2.75) is 45.1 Å². The van der Waals surface area contributed by atoms with Crippen LogP contribution < -0.4 is 5.32 Å².